The topological polar surface area (TPSA) is 0 Å². The van der Waals surface area contributed by atoms with Crippen molar-refractivity contribution in [1.29, 1.82) is 0 Å². The molecule has 0 amide bonds. The average Bonchev–Trinajstić information content (AvgIpc) is 2.18. The lowest BCUT2D eigenvalue weighted by atomic mass is 10.1. The van der Waals surface area contributed by atoms with Crippen LogP contribution in [0.1, 0.15) is 0 Å². The Morgan fingerprint density at radius 2 is 1.71 bits per heavy atom. The maximum atomic E-state index is 3.48. The molecule has 0 heterocycles. The van der Waals surface area contributed by atoms with E-state index in [2.05, 4.69) is 81.0 Å². The maximum Gasteiger partial charge on any atom is 0.0208 e. The van der Waals surface area contributed by atoms with Gasteiger partial charge >= 0.3 is 0 Å². The van der Waals surface area contributed by atoms with Crippen LogP contribution in [0.25, 0.3) is 11.1 Å². The first kappa shape index (κ1) is 10.2. The summed E-state index contributed by atoms with van der Waals surface area (Å²) in [5, 5.41) is 0. The summed E-state index contributed by atoms with van der Waals surface area (Å²) in [5.41, 5.74) is 2.54. The number of benzene rings is 2. The zero-order valence-corrected chi connectivity index (χ0v) is 11.1. The van der Waals surface area contributed by atoms with Crippen molar-refractivity contribution in [3.05, 3.63) is 56.6 Å². The standard InChI is InChI=1S/C12H8BrI/c13-10-5-3-4-9(8-10)11-6-1-2-7-12(11)14/h1-8H. The second-order valence-electron chi connectivity index (χ2n) is 2.99. The van der Waals surface area contributed by atoms with E-state index in [0.29, 0.717) is 0 Å². The molecule has 2 rings (SSSR count). The smallest absolute Gasteiger partial charge is 0.0208 e. The minimum Gasteiger partial charge on any atom is -0.0616 e. The first-order valence-electron chi connectivity index (χ1n) is 4.28. The highest BCUT2D eigenvalue weighted by molar-refractivity contribution is 14.1. The molecule has 2 aromatic rings. The highest BCUT2D eigenvalue weighted by Crippen LogP contribution is 2.26. The Bertz CT molecular complexity index is 452. The van der Waals surface area contributed by atoms with Crippen molar-refractivity contribution >= 4 is 38.5 Å². The monoisotopic (exact) mass is 358 g/mol. The third kappa shape index (κ3) is 2.17. The first-order valence-corrected chi connectivity index (χ1v) is 6.15. The van der Waals surface area contributed by atoms with Gasteiger partial charge in [0.1, 0.15) is 0 Å². The predicted octanol–water partition coefficient (Wildman–Crippen LogP) is 4.72. The van der Waals surface area contributed by atoms with Crippen LogP contribution in [-0.4, -0.2) is 0 Å². The summed E-state index contributed by atoms with van der Waals surface area (Å²) in [4.78, 5) is 0. The molecule has 0 fully saturated rings. The van der Waals surface area contributed by atoms with Crippen LogP contribution in [0.15, 0.2) is 53.0 Å². The van der Waals surface area contributed by atoms with E-state index in [0.717, 1.165) is 4.47 Å². The van der Waals surface area contributed by atoms with Gasteiger partial charge < -0.3 is 0 Å². The minimum atomic E-state index is 1.12. The van der Waals surface area contributed by atoms with E-state index in [1.807, 2.05) is 6.07 Å². The van der Waals surface area contributed by atoms with E-state index in [4.69, 9.17) is 0 Å². The SMILES string of the molecule is Brc1cccc(-c2ccccc2I)c1. The van der Waals surface area contributed by atoms with E-state index >= 15 is 0 Å². The molecule has 0 aliphatic rings. The van der Waals surface area contributed by atoms with Gasteiger partial charge in [-0.05, 0) is 51.9 Å². The van der Waals surface area contributed by atoms with Gasteiger partial charge in [-0.25, -0.2) is 0 Å². The predicted molar refractivity (Wildman–Crippen MR) is 72.3 cm³/mol. The lowest BCUT2D eigenvalue weighted by molar-refractivity contribution is 1.56. The van der Waals surface area contributed by atoms with Crippen molar-refractivity contribution in [2.24, 2.45) is 0 Å². The molecule has 0 aromatic heterocycles. The molecule has 0 spiro atoms. The molecule has 2 aromatic carbocycles. The summed E-state index contributed by atoms with van der Waals surface area (Å²) in [5.74, 6) is 0. The number of rotatable bonds is 1. The van der Waals surface area contributed by atoms with Gasteiger partial charge in [0.15, 0.2) is 0 Å². The normalized spacial score (nSPS) is 10.1. The van der Waals surface area contributed by atoms with Crippen LogP contribution in [0.2, 0.25) is 0 Å². The average molecular weight is 359 g/mol. The molecule has 0 unspecified atom stereocenters. The van der Waals surface area contributed by atoms with Gasteiger partial charge in [-0.3, -0.25) is 0 Å². The fraction of sp³-hybridized carbons (Fsp3) is 0. The Labute approximate surface area is 106 Å². The van der Waals surface area contributed by atoms with Crippen molar-refractivity contribution in [3.63, 3.8) is 0 Å². The highest BCUT2D eigenvalue weighted by Gasteiger charge is 2.01. The van der Waals surface area contributed by atoms with Crippen molar-refractivity contribution in [1.82, 2.24) is 0 Å². The molecular formula is C12H8BrI. The molecule has 0 aliphatic heterocycles. The van der Waals surface area contributed by atoms with Gasteiger partial charge in [-0.2, -0.15) is 0 Å². The van der Waals surface area contributed by atoms with Crippen molar-refractivity contribution in [2.45, 2.75) is 0 Å². The maximum absolute atomic E-state index is 3.48. The highest BCUT2D eigenvalue weighted by atomic mass is 127. The Morgan fingerprint density at radius 1 is 0.929 bits per heavy atom. The molecule has 70 valence electrons. The molecule has 14 heavy (non-hydrogen) atoms. The summed E-state index contributed by atoms with van der Waals surface area (Å²) in [6.07, 6.45) is 0. The molecule has 0 nitrogen and oxygen atoms in total. The molecular weight excluding hydrogens is 351 g/mol. The van der Waals surface area contributed by atoms with E-state index in [9.17, 15) is 0 Å². The van der Waals surface area contributed by atoms with Crippen LogP contribution in [0.5, 0.6) is 0 Å². The third-order valence-electron chi connectivity index (χ3n) is 2.01. The number of hydrogen-bond donors (Lipinski definition) is 0. The van der Waals surface area contributed by atoms with Crippen LogP contribution >= 0.6 is 38.5 Å². The molecule has 0 radical (unpaired) electrons. The van der Waals surface area contributed by atoms with Crippen LogP contribution in [0.4, 0.5) is 0 Å². The summed E-state index contributed by atoms with van der Waals surface area (Å²) >= 11 is 5.84. The Hall–Kier alpha value is -0.350. The lowest BCUT2D eigenvalue weighted by Gasteiger charge is -2.04. The summed E-state index contributed by atoms with van der Waals surface area (Å²) in [6.45, 7) is 0. The van der Waals surface area contributed by atoms with Gasteiger partial charge in [0.2, 0.25) is 0 Å². The molecule has 0 N–H and O–H groups in total. The minimum absolute atomic E-state index is 1.12. The van der Waals surface area contributed by atoms with Crippen LogP contribution < -0.4 is 0 Å². The largest absolute Gasteiger partial charge is 0.0616 e. The van der Waals surface area contributed by atoms with Gasteiger partial charge in [0.05, 0.1) is 0 Å². The van der Waals surface area contributed by atoms with E-state index in [1.165, 1.54) is 14.7 Å². The third-order valence-corrected chi connectivity index (χ3v) is 3.44. The van der Waals surface area contributed by atoms with Crippen molar-refractivity contribution in [2.75, 3.05) is 0 Å². The second-order valence-corrected chi connectivity index (χ2v) is 5.07. The van der Waals surface area contributed by atoms with Gasteiger partial charge in [0.25, 0.3) is 0 Å². The number of halogens is 2. The fourth-order valence-electron chi connectivity index (χ4n) is 1.35. The molecule has 0 aliphatic carbocycles. The summed E-state index contributed by atoms with van der Waals surface area (Å²) in [6, 6.07) is 16.8. The molecule has 0 atom stereocenters. The van der Waals surface area contributed by atoms with Crippen LogP contribution in [0.3, 0.4) is 0 Å². The van der Waals surface area contributed by atoms with E-state index < -0.39 is 0 Å². The Morgan fingerprint density at radius 3 is 2.43 bits per heavy atom. The van der Waals surface area contributed by atoms with Gasteiger partial charge in [-0.1, -0.05) is 46.3 Å². The second kappa shape index (κ2) is 4.45. The Balaban J connectivity index is 2.55. The molecule has 0 saturated carbocycles. The first-order chi connectivity index (χ1) is 6.77. The van der Waals surface area contributed by atoms with Gasteiger partial charge in [0, 0.05) is 8.04 Å². The molecule has 0 bridgehead atoms. The zero-order valence-electron chi connectivity index (χ0n) is 7.37. The van der Waals surface area contributed by atoms with Crippen LogP contribution in [0, 0.1) is 3.57 Å². The van der Waals surface area contributed by atoms with Crippen molar-refractivity contribution < 1.29 is 0 Å². The van der Waals surface area contributed by atoms with Crippen molar-refractivity contribution in [3.8, 4) is 11.1 Å². The Kier molecular flexibility index (Phi) is 3.23. The number of hydrogen-bond acceptors (Lipinski definition) is 0. The lowest BCUT2D eigenvalue weighted by Crippen LogP contribution is -1.81. The summed E-state index contributed by atoms with van der Waals surface area (Å²) < 4.78 is 2.40. The van der Waals surface area contributed by atoms with Crippen LogP contribution in [-0.2, 0) is 0 Å². The quantitative estimate of drug-likeness (QED) is 0.647. The van der Waals surface area contributed by atoms with Gasteiger partial charge in [-0.15, -0.1) is 0 Å². The fourth-order valence-corrected chi connectivity index (χ4v) is 2.45. The van der Waals surface area contributed by atoms with E-state index in [1.54, 1.807) is 0 Å². The summed E-state index contributed by atoms with van der Waals surface area (Å²) in [7, 11) is 0. The molecule has 0 saturated heterocycles. The zero-order chi connectivity index (χ0) is 9.97. The molecule has 2 heteroatoms. The van der Waals surface area contributed by atoms with E-state index in [-0.39, 0.29) is 0 Å².